The molecule has 2 rings (SSSR count). The van der Waals surface area contributed by atoms with Crippen LogP contribution in [0.3, 0.4) is 0 Å². The van der Waals surface area contributed by atoms with E-state index in [1.165, 1.54) is 11.3 Å². The molecule has 0 bridgehead atoms. The summed E-state index contributed by atoms with van der Waals surface area (Å²) in [7, 11) is 0. The largest absolute Gasteiger partial charge is 0.338 e. The fraction of sp³-hybridized carbons (Fsp3) is 0.444. The van der Waals surface area contributed by atoms with Crippen molar-refractivity contribution in [3.63, 3.8) is 0 Å². The minimum Gasteiger partial charge on any atom is -0.338 e. The quantitative estimate of drug-likeness (QED) is 0.797. The van der Waals surface area contributed by atoms with Gasteiger partial charge in [-0.2, -0.15) is 0 Å². The van der Waals surface area contributed by atoms with E-state index < -0.39 is 0 Å². The van der Waals surface area contributed by atoms with Crippen molar-refractivity contribution in [2.75, 3.05) is 13.1 Å². The molecule has 1 heterocycles. The molecule has 24 heavy (non-hydrogen) atoms. The molecule has 2 aromatic rings. The van der Waals surface area contributed by atoms with Gasteiger partial charge in [0, 0.05) is 36.6 Å². The Morgan fingerprint density at radius 2 is 1.96 bits per heavy atom. The molecule has 5 nitrogen and oxygen atoms in total. The number of nitrogens with two attached hydrogens (primary N) is 1. The van der Waals surface area contributed by atoms with Gasteiger partial charge in [-0.25, -0.2) is 0 Å². The summed E-state index contributed by atoms with van der Waals surface area (Å²) < 4.78 is 1.70. The Balaban J connectivity index is 2.03. The fourth-order valence-electron chi connectivity index (χ4n) is 2.59. The summed E-state index contributed by atoms with van der Waals surface area (Å²) >= 11 is 1.24. The van der Waals surface area contributed by atoms with Crippen LogP contribution in [0.1, 0.15) is 29.0 Å². The summed E-state index contributed by atoms with van der Waals surface area (Å²) in [4.78, 5) is 27.4. The van der Waals surface area contributed by atoms with Crippen molar-refractivity contribution < 1.29 is 4.79 Å². The first-order valence-corrected chi connectivity index (χ1v) is 9.03. The number of carbonyl (C=O) groups is 1. The molecule has 130 valence electrons. The summed E-state index contributed by atoms with van der Waals surface area (Å²) in [6.07, 6.45) is 1.10. The number of benzene rings is 1. The topological polar surface area (TPSA) is 68.3 Å². The first-order chi connectivity index (χ1) is 11.5. The lowest BCUT2D eigenvalue weighted by Crippen LogP contribution is -2.33. The highest BCUT2D eigenvalue weighted by atomic mass is 32.1. The Bertz CT molecular complexity index is 722. The molecule has 0 aliphatic heterocycles. The van der Waals surface area contributed by atoms with E-state index >= 15 is 0 Å². The maximum absolute atomic E-state index is 12.6. The number of hydrogen-bond donors (Lipinski definition) is 1. The molecule has 0 saturated carbocycles. The second kappa shape index (κ2) is 8.80. The second-order valence-electron chi connectivity index (χ2n) is 5.85. The number of rotatable bonds is 8. The van der Waals surface area contributed by atoms with Crippen molar-refractivity contribution in [3.8, 4) is 0 Å². The summed E-state index contributed by atoms with van der Waals surface area (Å²) in [5.74, 6) is 0.0578. The number of nitrogens with zero attached hydrogens (tertiary/aromatic N) is 2. The minimum atomic E-state index is 0.00867. The van der Waals surface area contributed by atoms with Gasteiger partial charge in [0.25, 0.3) is 0 Å². The molecule has 0 spiro atoms. The molecule has 1 aromatic carbocycles. The normalized spacial score (nSPS) is 10.8. The summed E-state index contributed by atoms with van der Waals surface area (Å²) in [5.41, 5.74) is 7.65. The van der Waals surface area contributed by atoms with E-state index in [1.807, 2.05) is 49.1 Å². The van der Waals surface area contributed by atoms with Crippen molar-refractivity contribution in [1.82, 2.24) is 9.47 Å². The van der Waals surface area contributed by atoms with E-state index in [1.54, 1.807) is 4.57 Å². The standard InChI is InChI=1S/C18H25N3O2S/c1-14-15(2)24-18(23)21(14)12-9-17(22)20(11-6-10-19)13-16-7-4-3-5-8-16/h3-5,7-8H,6,9-13,19H2,1-2H3. The summed E-state index contributed by atoms with van der Waals surface area (Å²) in [5, 5.41) is 0. The van der Waals surface area contributed by atoms with Gasteiger partial charge in [-0.1, -0.05) is 41.7 Å². The highest BCUT2D eigenvalue weighted by Gasteiger charge is 2.15. The lowest BCUT2D eigenvalue weighted by Gasteiger charge is -2.23. The number of thiazole rings is 1. The monoisotopic (exact) mass is 347 g/mol. The van der Waals surface area contributed by atoms with Crippen molar-refractivity contribution in [1.29, 1.82) is 0 Å². The van der Waals surface area contributed by atoms with Crippen LogP contribution in [-0.4, -0.2) is 28.5 Å². The van der Waals surface area contributed by atoms with Gasteiger partial charge in [-0.05, 0) is 32.4 Å². The first kappa shape index (κ1) is 18.4. The molecular formula is C18H25N3O2S. The van der Waals surface area contributed by atoms with Gasteiger partial charge in [0.2, 0.25) is 5.91 Å². The molecule has 0 fully saturated rings. The minimum absolute atomic E-state index is 0.00867. The predicted octanol–water partition coefficient (Wildman–Crippen LogP) is 2.29. The van der Waals surface area contributed by atoms with E-state index in [2.05, 4.69) is 0 Å². The molecule has 2 N–H and O–H groups in total. The average molecular weight is 347 g/mol. The van der Waals surface area contributed by atoms with Crippen LogP contribution in [0.4, 0.5) is 0 Å². The van der Waals surface area contributed by atoms with Crippen LogP contribution in [0.5, 0.6) is 0 Å². The predicted molar refractivity (Wildman–Crippen MR) is 98.2 cm³/mol. The molecular weight excluding hydrogens is 322 g/mol. The molecule has 0 saturated heterocycles. The van der Waals surface area contributed by atoms with E-state index in [4.69, 9.17) is 5.73 Å². The molecule has 0 radical (unpaired) electrons. The van der Waals surface area contributed by atoms with E-state index in [-0.39, 0.29) is 10.8 Å². The molecule has 0 aliphatic rings. The van der Waals surface area contributed by atoms with Crippen molar-refractivity contribution >= 4 is 17.2 Å². The number of amides is 1. The zero-order valence-corrected chi connectivity index (χ0v) is 15.1. The van der Waals surface area contributed by atoms with Crippen LogP contribution in [0.15, 0.2) is 35.1 Å². The van der Waals surface area contributed by atoms with Crippen molar-refractivity contribution in [3.05, 3.63) is 56.1 Å². The van der Waals surface area contributed by atoms with E-state index in [0.29, 0.717) is 32.6 Å². The smallest absolute Gasteiger partial charge is 0.307 e. The van der Waals surface area contributed by atoms with Crippen LogP contribution >= 0.6 is 11.3 Å². The van der Waals surface area contributed by atoms with Gasteiger partial charge < -0.3 is 15.2 Å². The Hall–Kier alpha value is -1.92. The van der Waals surface area contributed by atoms with Gasteiger partial charge >= 0.3 is 4.87 Å². The van der Waals surface area contributed by atoms with Gasteiger partial charge in [0.05, 0.1) is 0 Å². The lowest BCUT2D eigenvalue weighted by atomic mass is 10.2. The zero-order valence-electron chi connectivity index (χ0n) is 14.3. The SMILES string of the molecule is Cc1sc(=O)n(CCC(=O)N(CCCN)Cc2ccccc2)c1C. The van der Waals surface area contributed by atoms with Crippen LogP contribution in [0.2, 0.25) is 0 Å². The first-order valence-electron chi connectivity index (χ1n) is 8.21. The molecule has 0 atom stereocenters. The fourth-order valence-corrected chi connectivity index (χ4v) is 3.45. The van der Waals surface area contributed by atoms with Crippen LogP contribution < -0.4 is 10.6 Å². The summed E-state index contributed by atoms with van der Waals surface area (Å²) in [6.45, 7) is 6.07. The highest BCUT2D eigenvalue weighted by molar-refractivity contribution is 7.09. The van der Waals surface area contributed by atoms with Crippen molar-refractivity contribution in [2.45, 2.75) is 39.8 Å². The van der Waals surface area contributed by atoms with Gasteiger partial charge in [0.1, 0.15) is 0 Å². The second-order valence-corrected chi connectivity index (χ2v) is 7.02. The summed E-state index contributed by atoms with van der Waals surface area (Å²) in [6, 6.07) is 9.93. The number of aryl methyl sites for hydroxylation is 1. The molecule has 1 amide bonds. The lowest BCUT2D eigenvalue weighted by molar-refractivity contribution is -0.132. The maximum Gasteiger partial charge on any atom is 0.307 e. The third kappa shape index (κ3) is 4.79. The Labute approximate surface area is 146 Å². The maximum atomic E-state index is 12.6. The molecule has 0 aliphatic carbocycles. The third-order valence-electron chi connectivity index (χ3n) is 4.13. The molecule has 0 unspecified atom stereocenters. The zero-order chi connectivity index (χ0) is 17.5. The molecule has 6 heteroatoms. The highest BCUT2D eigenvalue weighted by Crippen LogP contribution is 2.11. The van der Waals surface area contributed by atoms with Crippen molar-refractivity contribution in [2.24, 2.45) is 5.73 Å². The Morgan fingerprint density at radius 3 is 2.54 bits per heavy atom. The van der Waals surface area contributed by atoms with Crippen LogP contribution in [0, 0.1) is 13.8 Å². The van der Waals surface area contributed by atoms with Crippen LogP contribution in [0.25, 0.3) is 0 Å². The van der Waals surface area contributed by atoms with E-state index in [0.717, 1.165) is 22.6 Å². The molecule has 1 aromatic heterocycles. The van der Waals surface area contributed by atoms with Gasteiger partial charge in [-0.3, -0.25) is 9.59 Å². The Kier molecular flexibility index (Phi) is 6.75. The third-order valence-corrected chi connectivity index (χ3v) is 5.12. The van der Waals surface area contributed by atoms with E-state index in [9.17, 15) is 9.59 Å². The Morgan fingerprint density at radius 1 is 1.25 bits per heavy atom. The number of carbonyl (C=O) groups excluding carboxylic acids is 1. The average Bonchev–Trinajstić information content (AvgIpc) is 2.82. The van der Waals surface area contributed by atoms with Gasteiger partial charge in [0.15, 0.2) is 0 Å². The number of aromatic nitrogens is 1. The van der Waals surface area contributed by atoms with Gasteiger partial charge in [-0.15, -0.1) is 0 Å². The number of hydrogen-bond acceptors (Lipinski definition) is 4. The van der Waals surface area contributed by atoms with Crippen LogP contribution in [-0.2, 0) is 17.9 Å².